The van der Waals surface area contributed by atoms with Crippen molar-refractivity contribution in [1.29, 1.82) is 0 Å². The third-order valence-corrected chi connectivity index (χ3v) is 3.09. The summed E-state index contributed by atoms with van der Waals surface area (Å²) in [6, 6.07) is 4.18. The largest absolute Gasteiger partial charge is 0.373 e. The molecule has 0 spiro atoms. The van der Waals surface area contributed by atoms with Crippen LogP contribution < -0.4 is 10.6 Å². The summed E-state index contributed by atoms with van der Waals surface area (Å²) >= 11 is 3.36. The number of halogens is 1. The lowest BCUT2D eigenvalue weighted by Gasteiger charge is -2.29. The number of nitrogens with one attached hydrogen (secondary N) is 2. The molecule has 0 radical (unpaired) electrons. The van der Waals surface area contributed by atoms with E-state index < -0.39 is 0 Å². The highest BCUT2D eigenvalue weighted by atomic mass is 79.9. The molecular weight excluding hydrogens is 270 g/mol. The van der Waals surface area contributed by atoms with Crippen molar-refractivity contribution in [3.63, 3.8) is 0 Å². The van der Waals surface area contributed by atoms with Crippen LogP contribution in [0.5, 0.6) is 0 Å². The lowest BCUT2D eigenvalue weighted by molar-refractivity contribution is 0.0201. The van der Waals surface area contributed by atoms with Gasteiger partial charge in [0, 0.05) is 23.8 Å². The van der Waals surface area contributed by atoms with Crippen molar-refractivity contribution in [3.8, 4) is 0 Å². The average Bonchev–Trinajstić information content (AvgIpc) is 2.33. The Morgan fingerprint density at radius 3 is 3.12 bits per heavy atom. The van der Waals surface area contributed by atoms with E-state index in [4.69, 9.17) is 4.74 Å². The molecule has 2 atom stereocenters. The normalized spacial score (nSPS) is 22.8. The Balaban J connectivity index is 1.90. The Hall–Kier alpha value is -0.650. The Morgan fingerprint density at radius 1 is 1.62 bits per heavy atom. The van der Waals surface area contributed by atoms with Crippen molar-refractivity contribution in [2.45, 2.75) is 19.1 Å². The highest BCUT2D eigenvalue weighted by Crippen LogP contribution is 2.13. The van der Waals surface area contributed by atoms with Gasteiger partial charge in [-0.2, -0.15) is 0 Å². The maximum absolute atomic E-state index is 5.67. The SMILES string of the molecule is CC(Nc1ccc(Br)cn1)C1CNCCO1. The monoisotopic (exact) mass is 285 g/mol. The van der Waals surface area contributed by atoms with Gasteiger partial charge in [0.2, 0.25) is 0 Å². The second kappa shape index (κ2) is 5.61. The van der Waals surface area contributed by atoms with Crippen LogP contribution in [0.25, 0.3) is 0 Å². The number of hydrogen-bond acceptors (Lipinski definition) is 4. The predicted octanol–water partition coefficient (Wildman–Crippen LogP) is 1.63. The first-order valence-corrected chi connectivity index (χ1v) is 6.25. The van der Waals surface area contributed by atoms with Gasteiger partial charge in [-0.15, -0.1) is 0 Å². The zero-order valence-electron chi connectivity index (χ0n) is 9.24. The fraction of sp³-hybridized carbons (Fsp3) is 0.545. The molecule has 0 aromatic carbocycles. The smallest absolute Gasteiger partial charge is 0.126 e. The molecule has 2 heterocycles. The van der Waals surface area contributed by atoms with E-state index in [1.807, 2.05) is 12.1 Å². The molecule has 0 saturated carbocycles. The van der Waals surface area contributed by atoms with Crippen molar-refractivity contribution in [2.24, 2.45) is 0 Å². The average molecular weight is 286 g/mol. The molecule has 16 heavy (non-hydrogen) atoms. The summed E-state index contributed by atoms with van der Waals surface area (Å²) in [7, 11) is 0. The van der Waals surface area contributed by atoms with Crippen LogP contribution in [-0.4, -0.2) is 36.8 Å². The zero-order chi connectivity index (χ0) is 11.4. The minimum absolute atomic E-state index is 0.208. The Bertz CT molecular complexity index is 325. The van der Waals surface area contributed by atoms with E-state index in [-0.39, 0.29) is 12.1 Å². The summed E-state index contributed by atoms with van der Waals surface area (Å²) < 4.78 is 6.66. The van der Waals surface area contributed by atoms with E-state index in [9.17, 15) is 0 Å². The van der Waals surface area contributed by atoms with Crippen LogP contribution in [0.4, 0.5) is 5.82 Å². The molecule has 1 fully saturated rings. The molecule has 2 rings (SSSR count). The first kappa shape index (κ1) is 11.8. The number of ether oxygens (including phenoxy) is 1. The first-order valence-electron chi connectivity index (χ1n) is 5.46. The van der Waals surface area contributed by atoms with Crippen molar-refractivity contribution < 1.29 is 4.74 Å². The van der Waals surface area contributed by atoms with E-state index in [1.54, 1.807) is 6.20 Å². The minimum atomic E-state index is 0.208. The minimum Gasteiger partial charge on any atom is -0.373 e. The summed E-state index contributed by atoms with van der Waals surface area (Å²) in [6.07, 6.45) is 1.99. The number of rotatable bonds is 3. The summed E-state index contributed by atoms with van der Waals surface area (Å²) in [6.45, 7) is 4.73. The third kappa shape index (κ3) is 3.17. The Morgan fingerprint density at radius 2 is 2.50 bits per heavy atom. The number of anilines is 1. The highest BCUT2D eigenvalue weighted by Gasteiger charge is 2.20. The second-order valence-corrected chi connectivity index (χ2v) is 4.82. The van der Waals surface area contributed by atoms with E-state index >= 15 is 0 Å². The van der Waals surface area contributed by atoms with Crippen molar-refractivity contribution in [3.05, 3.63) is 22.8 Å². The summed E-state index contributed by atoms with van der Waals surface area (Å²) in [5.74, 6) is 0.880. The standard InChI is InChI=1S/C11H16BrN3O/c1-8(10-7-13-4-5-16-10)15-11-3-2-9(12)6-14-11/h2-3,6,8,10,13H,4-5,7H2,1H3,(H,14,15). The molecule has 0 aliphatic carbocycles. The summed E-state index contributed by atoms with van der Waals surface area (Å²) in [4.78, 5) is 4.28. The van der Waals surface area contributed by atoms with Gasteiger partial charge < -0.3 is 15.4 Å². The molecule has 4 nitrogen and oxygen atoms in total. The molecule has 2 unspecified atom stereocenters. The molecule has 2 N–H and O–H groups in total. The van der Waals surface area contributed by atoms with E-state index in [0.717, 1.165) is 30.0 Å². The molecular formula is C11H16BrN3O. The quantitative estimate of drug-likeness (QED) is 0.886. The maximum atomic E-state index is 5.67. The van der Waals surface area contributed by atoms with Crippen LogP contribution in [0, 0.1) is 0 Å². The number of aromatic nitrogens is 1. The topological polar surface area (TPSA) is 46.2 Å². The van der Waals surface area contributed by atoms with Gasteiger partial charge in [0.1, 0.15) is 5.82 Å². The molecule has 1 saturated heterocycles. The van der Waals surface area contributed by atoms with Gasteiger partial charge in [-0.3, -0.25) is 0 Å². The van der Waals surface area contributed by atoms with Gasteiger partial charge >= 0.3 is 0 Å². The van der Waals surface area contributed by atoms with Crippen LogP contribution in [-0.2, 0) is 4.74 Å². The van der Waals surface area contributed by atoms with Gasteiger partial charge in [0.05, 0.1) is 18.8 Å². The van der Waals surface area contributed by atoms with Crippen LogP contribution >= 0.6 is 15.9 Å². The van der Waals surface area contributed by atoms with Crippen molar-refractivity contribution in [2.75, 3.05) is 25.0 Å². The predicted molar refractivity (Wildman–Crippen MR) is 67.6 cm³/mol. The van der Waals surface area contributed by atoms with Crippen molar-refractivity contribution in [1.82, 2.24) is 10.3 Å². The summed E-state index contributed by atoms with van der Waals surface area (Å²) in [5, 5.41) is 6.66. The van der Waals surface area contributed by atoms with Gasteiger partial charge in [-0.1, -0.05) is 0 Å². The fourth-order valence-electron chi connectivity index (χ4n) is 1.69. The molecule has 1 aromatic rings. The molecule has 1 aliphatic rings. The highest BCUT2D eigenvalue weighted by molar-refractivity contribution is 9.10. The Labute approximate surface area is 104 Å². The molecule has 0 bridgehead atoms. The number of nitrogens with zero attached hydrogens (tertiary/aromatic N) is 1. The van der Waals surface area contributed by atoms with Crippen LogP contribution in [0.15, 0.2) is 22.8 Å². The van der Waals surface area contributed by atoms with E-state index in [0.29, 0.717) is 0 Å². The van der Waals surface area contributed by atoms with E-state index in [1.165, 1.54) is 0 Å². The number of morpholine rings is 1. The van der Waals surface area contributed by atoms with Crippen molar-refractivity contribution >= 4 is 21.7 Å². The molecule has 1 aromatic heterocycles. The van der Waals surface area contributed by atoms with Crippen LogP contribution in [0.3, 0.4) is 0 Å². The third-order valence-electron chi connectivity index (χ3n) is 2.62. The van der Waals surface area contributed by atoms with Crippen LogP contribution in [0.1, 0.15) is 6.92 Å². The van der Waals surface area contributed by atoms with Gasteiger partial charge in [-0.25, -0.2) is 4.98 Å². The molecule has 5 heteroatoms. The van der Waals surface area contributed by atoms with Crippen LogP contribution in [0.2, 0.25) is 0 Å². The van der Waals surface area contributed by atoms with Gasteiger partial charge in [-0.05, 0) is 35.0 Å². The zero-order valence-corrected chi connectivity index (χ0v) is 10.8. The first-order chi connectivity index (χ1) is 7.75. The number of pyridine rings is 1. The molecule has 88 valence electrons. The maximum Gasteiger partial charge on any atom is 0.126 e. The Kier molecular flexibility index (Phi) is 4.15. The molecule has 1 aliphatic heterocycles. The molecule has 0 amide bonds. The van der Waals surface area contributed by atoms with Gasteiger partial charge in [0.15, 0.2) is 0 Å². The van der Waals surface area contributed by atoms with Gasteiger partial charge in [0.25, 0.3) is 0 Å². The second-order valence-electron chi connectivity index (χ2n) is 3.91. The lowest BCUT2D eigenvalue weighted by atomic mass is 10.1. The fourth-order valence-corrected chi connectivity index (χ4v) is 1.93. The number of hydrogen-bond donors (Lipinski definition) is 2. The summed E-state index contributed by atoms with van der Waals surface area (Å²) in [5.41, 5.74) is 0. The van der Waals surface area contributed by atoms with E-state index in [2.05, 4.69) is 38.5 Å². The lowest BCUT2D eigenvalue weighted by Crippen LogP contribution is -2.46.